The van der Waals surface area contributed by atoms with E-state index in [9.17, 15) is 0 Å². The van der Waals surface area contributed by atoms with E-state index in [0.717, 1.165) is 87.8 Å². The Morgan fingerprint density at radius 3 is 1.47 bits per heavy atom. The van der Waals surface area contributed by atoms with Crippen molar-refractivity contribution >= 4 is 11.8 Å². The van der Waals surface area contributed by atoms with E-state index in [0.29, 0.717) is 12.2 Å². The van der Waals surface area contributed by atoms with Crippen LogP contribution >= 0.6 is 11.8 Å². The largest absolute Gasteiger partial charge is 0.374 e. The maximum atomic E-state index is 6.93. The van der Waals surface area contributed by atoms with Gasteiger partial charge in [0.05, 0.1) is 12.2 Å². The molecule has 11 unspecified atom stereocenters. The second-order valence-corrected chi connectivity index (χ2v) is 22.6. The summed E-state index contributed by atoms with van der Waals surface area (Å²) >= 11 is 2.63. The molecule has 0 N–H and O–H groups in total. The lowest BCUT2D eigenvalue weighted by molar-refractivity contribution is -0.0411. The van der Waals surface area contributed by atoms with Crippen LogP contribution in [-0.2, 0) is 4.74 Å². The molecule has 0 amide bonds. The van der Waals surface area contributed by atoms with E-state index >= 15 is 0 Å². The third-order valence-corrected chi connectivity index (χ3v) is 21.1. The first-order valence-corrected chi connectivity index (χ1v) is 25.3. The Labute approximate surface area is 319 Å². The zero-order valence-corrected chi connectivity index (χ0v) is 33.8. The van der Waals surface area contributed by atoms with Crippen LogP contribution in [0, 0.1) is 59.2 Å². The van der Waals surface area contributed by atoms with Gasteiger partial charge < -0.3 is 4.74 Å². The highest BCUT2D eigenvalue weighted by atomic mass is 32.2. The predicted octanol–water partition coefficient (Wildman–Crippen LogP) is 13.0. The quantitative estimate of drug-likeness (QED) is 0.271. The normalized spacial score (nSPS) is 49.9. The Hall–Kier alpha value is 0.270. The molecule has 0 aromatic carbocycles. The summed E-state index contributed by atoms with van der Waals surface area (Å²) < 4.78 is 6.93. The Balaban J connectivity index is 0.888. The minimum atomic E-state index is 0.621. The Morgan fingerprint density at radius 1 is 0.333 bits per heavy atom. The zero-order chi connectivity index (χ0) is 33.7. The number of rotatable bonds is 6. The minimum Gasteiger partial charge on any atom is -0.374 e. The summed E-state index contributed by atoms with van der Waals surface area (Å²) in [5, 5.41) is 1.92. The second-order valence-electron chi connectivity index (χ2n) is 21.2. The molecule has 51 heavy (non-hydrogen) atoms. The fourth-order valence-electron chi connectivity index (χ4n) is 16.8. The predicted molar refractivity (Wildman–Crippen MR) is 215 cm³/mol. The summed E-state index contributed by atoms with van der Waals surface area (Å²) in [7, 11) is 0. The number of nitrogens with zero attached hydrogens (tertiary/aromatic N) is 1. The van der Waals surface area contributed by atoms with Crippen molar-refractivity contribution in [3.8, 4) is 0 Å². The molecule has 3 heteroatoms. The van der Waals surface area contributed by atoms with E-state index in [2.05, 4.69) is 16.7 Å². The molecular weight excluding hydrogens is 639 g/mol. The van der Waals surface area contributed by atoms with E-state index in [4.69, 9.17) is 4.74 Å². The number of hydrogen-bond acceptors (Lipinski definition) is 3. The van der Waals surface area contributed by atoms with Gasteiger partial charge >= 0.3 is 0 Å². The van der Waals surface area contributed by atoms with Gasteiger partial charge in [0.1, 0.15) is 0 Å². The van der Waals surface area contributed by atoms with Crippen LogP contribution in [0.4, 0.5) is 0 Å². The molecule has 0 radical (unpaired) electrons. The minimum absolute atomic E-state index is 0.621. The van der Waals surface area contributed by atoms with Crippen LogP contribution < -0.4 is 0 Å². The molecule has 11 atom stereocenters. The van der Waals surface area contributed by atoms with Gasteiger partial charge in [0, 0.05) is 34.5 Å². The van der Waals surface area contributed by atoms with Gasteiger partial charge in [0.15, 0.2) is 0 Å². The van der Waals surface area contributed by atoms with Crippen molar-refractivity contribution in [1.82, 2.24) is 4.90 Å². The SMILES string of the molecule is C1CCC(C2CCC(N(C3CCC(C4CCCCC4)CC3)C3CCCCC3C3CCCC4C5CCC6OC7CCCCC7C6C5SC43)CC2)CC1. The van der Waals surface area contributed by atoms with Crippen LogP contribution in [0.5, 0.6) is 0 Å². The van der Waals surface area contributed by atoms with Crippen molar-refractivity contribution in [2.24, 2.45) is 59.2 Å². The van der Waals surface area contributed by atoms with E-state index in [1.807, 2.05) is 0 Å². The molecule has 2 aliphatic heterocycles. The third kappa shape index (κ3) is 7.01. The molecule has 288 valence electrons. The molecule has 0 aromatic rings. The number of thioether (sulfide) groups is 1. The lowest BCUT2D eigenvalue weighted by Crippen LogP contribution is -2.57. The van der Waals surface area contributed by atoms with Gasteiger partial charge in [-0.15, -0.1) is 0 Å². The first-order valence-electron chi connectivity index (χ1n) is 24.4. The molecule has 10 aliphatic rings. The molecule has 8 aliphatic carbocycles. The first kappa shape index (κ1) is 35.7. The molecule has 2 saturated heterocycles. The average Bonchev–Trinajstić information content (AvgIpc) is 3.78. The van der Waals surface area contributed by atoms with Crippen molar-refractivity contribution in [1.29, 1.82) is 0 Å². The highest BCUT2D eigenvalue weighted by Crippen LogP contribution is 2.64. The maximum absolute atomic E-state index is 6.93. The maximum Gasteiger partial charge on any atom is 0.0621 e. The number of ether oxygens (including phenoxy) is 1. The first-order chi connectivity index (χ1) is 25.3. The summed E-state index contributed by atoms with van der Waals surface area (Å²) in [6, 6.07) is 2.72. The van der Waals surface area contributed by atoms with Crippen molar-refractivity contribution < 1.29 is 4.74 Å². The fourth-order valence-corrected chi connectivity index (χ4v) is 19.4. The molecule has 2 nitrogen and oxygen atoms in total. The van der Waals surface area contributed by atoms with Gasteiger partial charge in [-0.2, -0.15) is 11.8 Å². The smallest absolute Gasteiger partial charge is 0.0621 e. The van der Waals surface area contributed by atoms with E-state index < -0.39 is 0 Å². The molecule has 10 fully saturated rings. The summed E-state index contributed by atoms with van der Waals surface area (Å²) in [5.74, 6) is 10.2. The Bertz CT molecular complexity index is 1080. The average molecular weight is 718 g/mol. The molecule has 2 heterocycles. The van der Waals surface area contributed by atoms with Gasteiger partial charge in [0.2, 0.25) is 0 Å². The third-order valence-electron chi connectivity index (χ3n) is 19.1. The lowest BCUT2D eigenvalue weighted by Gasteiger charge is -2.54. The van der Waals surface area contributed by atoms with Crippen LogP contribution in [0.3, 0.4) is 0 Å². The van der Waals surface area contributed by atoms with Crippen molar-refractivity contribution in [3.63, 3.8) is 0 Å². The van der Waals surface area contributed by atoms with Crippen molar-refractivity contribution in [2.75, 3.05) is 0 Å². The Morgan fingerprint density at radius 2 is 0.824 bits per heavy atom. The molecule has 8 saturated carbocycles. The highest BCUT2D eigenvalue weighted by molar-refractivity contribution is 8.00. The van der Waals surface area contributed by atoms with E-state index in [1.165, 1.54) is 89.9 Å². The van der Waals surface area contributed by atoms with Crippen LogP contribution in [0.15, 0.2) is 0 Å². The van der Waals surface area contributed by atoms with Gasteiger partial charge in [-0.05, 0) is 156 Å². The van der Waals surface area contributed by atoms with Crippen molar-refractivity contribution in [3.05, 3.63) is 0 Å². The number of fused-ring (bicyclic) bond motifs is 7. The molecule has 10 rings (SSSR count). The molecular formula is C48H79NOS. The second kappa shape index (κ2) is 16.0. The van der Waals surface area contributed by atoms with Gasteiger partial charge in [0.25, 0.3) is 0 Å². The topological polar surface area (TPSA) is 12.5 Å². The summed E-state index contributed by atoms with van der Waals surface area (Å²) in [4.78, 5) is 3.45. The summed E-state index contributed by atoms with van der Waals surface area (Å²) in [5.41, 5.74) is 0. The van der Waals surface area contributed by atoms with Gasteiger partial charge in [-0.3, -0.25) is 4.90 Å². The number of hydrogen-bond donors (Lipinski definition) is 0. The molecule has 0 aromatic heterocycles. The highest BCUT2D eigenvalue weighted by Gasteiger charge is 2.60. The van der Waals surface area contributed by atoms with Crippen LogP contribution in [-0.4, -0.2) is 45.7 Å². The van der Waals surface area contributed by atoms with Crippen LogP contribution in [0.2, 0.25) is 0 Å². The van der Waals surface area contributed by atoms with Crippen LogP contribution in [0.1, 0.15) is 199 Å². The fraction of sp³-hybridized carbons (Fsp3) is 1.00. The van der Waals surface area contributed by atoms with Crippen molar-refractivity contribution in [2.45, 2.75) is 240 Å². The monoisotopic (exact) mass is 718 g/mol. The standard InChI is InChI=1S/C48H79NOS/c1-3-12-32(13-4-1)34-22-26-36(27-23-34)49(37-28-24-35(25-29-37)33-14-5-2-6-15-33)43-20-9-7-16-38(43)39-18-11-19-40-41-30-31-45-46(48(41)51-47(39)40)42-17-8-10-21-44(42)50-45/h32-48H,1-31H2. The van der Waals surface area contributed by atoms with Gasteiger partial charge in [-0.1, -0.05) is 96.3 Å². The lowest BCUT2D eigenvalue weighted by atomic mass is 9.61. The molecule has 0 spiro atoms. The summed E-state index contributed by atoms with van der Waals surface area (Å²) in [6.07, 6.45) is 48.7. The van der Waals surface area contributed by atoms with E-state index in [1.54, 1.807) is 109 Å². The van der Waals surface area contributed by atoms with E-state index in [-0.39, 0.29) is 0 Å². The summed E-state index contributed by atoms with van der Waals surface area (Å²) in [6.45, 7) is 0. The van der Waals surface area contributed by atoms with Gasteiger partial charge in [-0.25, -0.2) is 0 Å². The zero-order valence-electron chi connectivity index (χ0n) is 33.0. The van der Waals surface area contributed by atoms with Crippen LogP contribution in [0.25, 0.3) is 0 Å². The Kier molecular flexibility index (Phi) is 11.2. The molecule has 0 bridgehead atoms.